The molecule has 3 heterocycles. The third-order valence-corrected chi connectivity index (χ3v) is 7.29. The Kier molecular flexibility index (Phi) is 6.88. The number of rotatable bonds is 5. The van der Waals surface area contributed by atoms with Crippen LogP contribution in [0.5, 0.6) is 0 Å². The van der Waals surface area contributed by atoms with Gasteiger partial charge in [-0.05, 0) is 66.8 Å². The molecule has 2 aromatic carbocycles. The fourth-order valence-electron chi connectivity index (χ4n) is 4.62. The van der Waals surface area contributed by atoms with Crippen molar-refractivity contribution in [3.63, 3.8) is 0 Å². The van der Waals surface area contributed by atoms with Gasteiger partial charge in [0.05, 0.1) is 16.5 Å². The van der Waals surface area contributed by atoms with E-state index in [1.807, 2.05) is 34.1 Å². The van der Waals surface area contributed by atoms with Crippen LogP contribution in [0.2, 0.25) is 10.0 Å². The monoisotopic (exact) mass is 509 g/mol. The lowest BCUT2D eigenvalue weighted by atomic mass is 9.89. The molecule has 0 bridgehead atoms. The predicted octanol–water partition coefficient (Wildman–Crippen LogP) is 4.88. The minimum atomic E-state index is -0.0807. The summed E-state index contributed by atoms with van der Waals surface area (Å²) in [5, 5.41) is 11.9. The third kappa shape index (κ3) is 5.26. The molecule has 5 rings (SSSR count). The molecule has 3 aromatic rings. The highest BCUT2D eigenvalue weighted by atomic mass is 35.5. The van der Waals surface area contributed by atoms with E-state index in [0.29, 0.717) is 47.7 Å². The zero-order chi connectivity index (χ0) is 24.4. The number of benzene rings is 2. The first-order valence-corrected chi connectivity index (χ1v) is 12.4. The molecular formula is C26H25Cl2N5O2. The Bertz CT molecular complexity index is 1210. The van der Waals surface area contributed by atoms with E-state index in [-0.39, 0.29) is 17.7 Å². The van der Waals surface area contributed by atoms with Gasteiger partial charge in [-0.1, -0.05) is 35.3 Å². The lowest BCUT2D eigenvalue weighted by molar-refractivity contribution is -0.120. The van der Waals surface area contributed by atoms with Gasteiger partial charge < -0.3 is 15.1 Å². The maximum Gasteiger partial charge on any atom is 0.255 e. The fourth-order valence-corrected chi connectivity index (χ4v) is 4.99. The van der Waals surface area contributed by atoms with Crippen LogP contribution in [0.25, 0.3) is 0 Å². The van der Waals surface area contributed by atoms with Gasteiger partial charge in [-0.3, -0.25) is 9.59 Å². The molecular weight excluding hydrogens is 485 g/mol. The van der Waals surface area contributed by atoms with Gasteiger partial charge >= 0.3 is 0 Å². The van der Waals surface area contributed by atoms with Crippen molar-refractivity contribution in [1.82, 2.24) is 15.1 Å². The van der Waals surface area contributed by atoms with Crippen LogP contribution >= 0.6 is 23.2 Å². The number of nitrogens with zero attached hydrogens (tertiary/aromatic N) is 4. The summed E-state index contributed by atoms with van der Waals surface area (Å²) in [6.45, 7) is 2.60. The second-order valence-electron chi connectivity index (χ2n) is 8.99. The summed E-state index contributed by atoms with van der Waals surface area (Å²) in [6, 6.07) is 16.7. The minimum Gasteiger partial charge on any atom is -0.353 e. The SMILES string of the molecule is O=C(Nc1ccc(C2CCN(C(=O)c3cc(Cl)ccc3Cl)CC2)cc1)C1CN(c2cccnn2)C1. The Labute approximate surface area is 214 Å². The first-order valence-electron chi connectivity index (χ1n) is 11.7. The van der Waals surface area contributed by atoms with Crippen molar-refractivity contribution in [2.75, 3.05) is 36.4 Å². The molecule has 0 saturated carbocycles. The molecule has 2 fully saturated rings. The highest BCUT2D eigenvalue weighted by molar-refractivity contribution is 6.35. The van der Waals surface area contributed by atoms with Gasteiger partial charge in [0.15, 0.2) is 5.82 Å². The standard InChI is InChI=1S/C26H25Cl2N5O2/c27-20-5-8-23(28)22(14-20)26(35)32-12-9-18(10-13-32)17-3-6-21(7-4-17)30-25(34)19-15-33(16-19)24-2-1-11-29-31-24/h1-8,11,14,18-19H,9-10,12-13,15-16H2,(H,30,34). The number of carbonyl (C=O) groups is 2. The van der Waals surface area contributed by atoms with Gasteiger partial charge in [-0.25, -0.2) is 0 Å². The highest BCUT2D eigenvalue weighted by Crippen LogP contribution is 2.31. The number of aromatic nitrogens is 2. The van der Waals surface area contributed by atoms with Crippen molar-refractivity contribution in [2.24, 2.45) is 5.92 Å². The Balaban J connectivity index is 1.11. The van der Waals surface area contributed by atoms with Crippen LogP contribution in [0.15, 0.2) is 60.8 Å². The van der Waals surface area contributed by atoms with Crippen molar-refractivity contribution in [2.45, 2.75) is 18.8 Å². The molecule has 180 valence electrons. The second-order valence-corrected chi connectivity index (χ2v) is 9.83. The van der Waals surface area contributed by atoms with Gasteiger partial charge in [0.1, 0.15) is 0 Å². The second kappa shape index (κ2) is 10.2. The molecule has 0 atom stereocenters. The zero-order valence-electron chi connectivity index (χ0n) is 19.0. The van der Waals surface area contributed by atoms with Crippen LogP contribution in [0, 0.1) is 5.92 Å². The van der Waals surface area contributed by atoms with Crippen molar-refractivity contribution < 1.29 is 9.59 Å². The number of piperidine rings is 1. The summed E-state index contributed by atoms with van der Waals surface area (Å²) in [7, 11) is 0. The summed E-state index contributed by atoms with van der Waals surface area (Å²) in [4.78, 5) is 29.4. The average molecular weight is 510 g/mol. The summed E-state index contributed by atoms with van der Waals surface area (Å²) in [5.41, 5.74) is 2.46. The molecule has 9 heteroatoms. The van der Waals surface area contributed by atoms with Crippen molar-refractivity contribution >= 4 is 46.5 Å². The smallest absolute Gasteiger partial charge is 0.255 e. The zero-order valence-corrected chi connectivity index (χ0v) is 20.5. The highest BCUT2D eigenvalue weighted by Gasteiger charge is 2.33. The van der Waals surface area contributed by atoms with E-state index in [1.54, 1.807) is 24.4 Å². The van der Waals surface area contributed by atoms with E-state index >= 15 is 0 Å². The van der Waals surface area contributed by atoms with E-state index in [0.717, 1.165) is 24.3 Å². The van der Waals surface area contributed by atoms with E-state index in [2.05, 4.69) is 27.6 Å². The Hall–Kier alpha value is -3.16. The molecule has 35 heavy (non-hydrogen) atoms. The third-order valence-electron chi connectivity index (χ3n) is 6.73. The number of nitrogens with one attached hydrogen (secondary N) is 1. The Morgan fingerprint density at radius 3 is 2.40 bits per heavy atom. The lowest BCUT2D eigenvalue weighted by Gasteiger charge is -2.38. The Morgan fingerprint density at radius 2 is 1.71 bits per heavy atom. The molecule has 7 nitrogen and oxygen atoms in total. The van der Waals surface area contributed by atoms with Crippen LogP contribution in [-0.2, 0) is 4.79 Å². The van der Waals surface area contributed by atoms with Crippen LogP contribution < -0.4 is 10.2 Å². The molecule has 0 spiro atoms. The fraction of sp³-hybridized carbons (Fsp3) is 0.308. The average Bonchev–Trinajstić information content (AvgIpc) is 2.85. The number of hydrogen-bond donors (Lipinski definition) is 1. The molecule has 2 amide bonds. The van der Waals surface area contributed by atoms with Crippen molar-refractivity contribution in [3.05, 3.63) is 82.0 Å². The molecule has 0 aliphatic carbocycles. The number of likely N-dealkylation sites (tertiary alicyclic amines) is 1. The van der Waals surface area contributed by atoms with Crippen LogP contribution in [0.4, 0.5) is 11.5 Å². The first-order chi connectivity index (χ1) is 17.0. The summed E-state index contributed by atoms with van der Waals surface area (Å²) in [6.07, 6.45) is 3.38. The van der Waals surface area contributed by atoms with E-state index < -0.39 is 0 Å². The lowest BCUT2D eigenvalue weighted by Crippen LogP contribution is -2.52. The van der Waals surface area contributed by atoms with Crippen LogP contribution in [-0.4, -0.2) is 53.1 Å². The molecule has 0 unspecified atom stereocenters. The minimum absolute atomic E-state index is 0.0180. The summed E-state index contributed by atoms with van der Waals surface area (Å²) < 4.78 is 0. The number of anilines is 2. The Morgan fingerprint density at radius 1 is 0.971 bits per heavy atom. The van der Waals surface area contributed by atoms with Crippen molar-refractivity contribution in [3.8, 4) is 0 Å². The van der Waals surface area contributed by atoms with Gasteiger partial charge in [0.2, 0.25) is 5.91 Å². The van der Waals surface area contributed by atoms with E-state index in [9.17, 15) is 9.59 Å². The molecule has 0 radical (unpaired) electrons. The van der Waals surface area contributed by atoms with E-state index in [1.165, 1.54) is 5.56 Å². The molecule has 2 saturated heterocycles. The maximum absolute atomic E-state index is 12.9. The summed E-state index contributed by atoms with van der Waals surface area (Å²) >= 11 is 12.3. The van der Waals surface area contributed by atoms with Gasteiger partial charge in [0.25, 0.3) is 5.91 Å². The van der Waals surface area contributed by atoms with E-state index in [4.69, 9.17) is 23.2 Å². The van der Waals surface area contributed by atoms with Crippen LogP contribution in [0.1, 0.15) is 34.7 Å². The normalized spacial score (nSPS) is 16.6. The molecule has 1 N–H and O–H groups in total. The van der Waals surface area contributed by atoms with Gasteiger partial charge in [-0.15, -0.1) is 5.10 Å². The number of carbonyl (C=O) groups excluding carboxylic acids is 2. The van der Waals surface area contributed by atoms with Crippen molar-refractivity contribution in [1.29, 1.82) is 0 Å². The molecule has 2 aliphatic rings. The van der Waals surface area contributed by atoms with Gasteiger partial charge in [0, 0.05) is 43.1 Å². The molecule has 1 aromatic heterocycles. The molecule has 2 aliphatic heterocycles. The van der Waals surface area contributed by atoms with Crippen LogP contribution in [0.3, 0.4) is 0 Å². The van der Waals surface area contributed by atoms with Gasteiger partial charge in [-0.2, -0.15) is 5.10 Å². The number of amides is 2. The maximum atomic E-state index is 12.9. The number of hydrogen-bond acceptors (Lipinski definition) is 5. The summed E-state index contributed by atoms with van der Waals surface area (Å²) in [5.74, 6) is 1.04. The predicted molar refractivity (Wildman–Crippen MR) is 137 cm³/mol. The first kappa shape index (κ1) is 23.6. The largest absolute Gasteiger partial charge is 0.353 e. The number of halogens is 2. The topological polar surface area (TPSA) is 78.4 Å². The quantitative estimate of drug-likeness (QED) is 0.530.